The summed E-state index contributed by atoms with van der Waals surface area (Å²) in [7, 11) is 3.11. The minimum absolute atomic E-state index is 0.0641. The predicted molar refractivity (Wildman–Crippen MR) is 98.0 cm³/mol. The van der Waals surface area contributed by atoms with Crippen molar-refractivity contribution in [2.75, 3.05) is 30.6 Å². The van der Waals surface area contributed by atoms with E-state index < -0.39 is 0 Å². The van der Waals surface area contributed by atoms with Gasteiger partial charge in [0.25, 0.3) is 5.91 Å². The Morgan fingerprint density at radius 3 is 2.60 bits per heavy atom. The lowest BCUT2D eigenvalue weighted by Crippen LogP contribution is -2.20. The Kier molecular flexibility index (Phi) is 4.85. The second-order valence-corrected chi connectivity index (χ2v) is 6.54. The summed E-state index contributed by atoms with van der Waals surface area (Å²) < 4.78 is 10.5. The van der Waals surface area contributed by atoms with Gasteiger partial charge in [-0.1, -0.05) is 0 Å². The fraction of sp³-hybridized carbons (Fsp3) is 0.222. The van der Waals surface area contributed by atoms with Crippen LogP contribution in [0.25, 0.3) is 0 Å². The molecule has 7 heteroatoms. The van der Waals surface area contributed by atoms with Gasteiger partial charge in [-0.05, 0) is 36.8 Å². The number of thioether (sulfide) groups is 1. The van der Waals surface area contributed by atoms with Crippen LogP contribution in [0.15, 0.2) is 35.2 Å². The largest absolute Gasteiger partial charge is 0.493 e. The molecular formula is C18H18N2O4S. The van der Waals surface area contributed by atoms with Crippen LogP contribution in [-0.2, 0) is 4.79 Å². The average molecular weight is 358 g/mol. The van der Waals surface area contributed by atoms with E-state index in [1.165, 1.54) is 11.8 Å². The Labute approximate surface area is 149 Å². The molecule has 0 saturated heterocycles. The number of rotatable bonds is 4. The highest BCUT2D eigenvalue weighted by molar-refractivity contribution is 8.00. The zero-order valence-electron chi connectivity index (χ0n) is 14.1. The Balaban J connectivity index is 1.85. The van der Waals surface area contributed by atoms with E-state index in [1.54, 1.807) is 38.5 Å². The third kappa shape index (κ3) is 3.56. The standard InChI is InChI=1S/C18H18N2O4S/c1-10-6-14(23-2)15(24-3)8-12(10)20-18(22)11-4-5-16-13(7-11)19-17(21)9-25-16/h4-8H,9H2,1-3H3,(H,19,21)(H,20,22). The van der Waals surface area contributed by atoms with Gasteiger partial charge in [-0.15, -0.1) is 11.8 Å². The number of fused-ring (bicyclic) bond motifs is 1. The SMILES string of the molecule is COc1cc(C)c(NC(=O)c2ccc3c(c2)NC(=O)CS3)cc1OC. The molecule has 0 radical (unpaired) electrons. The molecule has 0 aromatic heterocycles. The van der Waals surface area contributed by atoms with E-state index in [-0.39, 0.29) is 11.8 Å². The molecule has 2 aromatic carbocycles. The molecular weight excluding hydrogens is 340 g/mol. The molecule has 130 valence electrons. The molecule has 2 aromatic rings. The zero-order chi connectivity index (χ0) is 18.0. The van der Waals surface area contributed by atoms with Crippen molar-refractivity contribution < 1.29 is 19.1 Å². The molecule has 3 rings (SSSR count). The van der Waals surface area contributed by atoms with E-state index in [0.717, 1.165) is 10.5 Å². The third-order valence-corrected chi connectivity index (χ3v) is 4.93. The van der Waals surface area contributed by atoms with E-state index in [4.69, 9.17) is 9.47 Å². The van der Waals surface area contributed by atoms with Gasteiger partial charge in [-0.2, -0.15) is 0 Å². The second kappa shape index (κ2) is 7.06. The summed E-state index contributed by atoms with van der Waals surface area (Å²) in [5.74, 6) is 1.21. The van der Waals surface area contributed by atoms with Gasteiger partial charge >= 0.3 is 0 Å². The van der Waals surface area contributed by atoms with Crippen LogP contribution in [0.2, 0.25) is 0 Å². The van der Waals surface area contributed by atoms with Crippen molar-refractivity contribution in [3.63, 3.8) is 0 Å². The summed E-state index contributed by atoms with van der Waals surface area (Å²) in [4.78, 5) is 25.1. The van der Waals surface area contributed by atoms with E-state index in [9.17, 15) is 9.59 Å². The quantitative estimate of drug-likeness (QED) is 0.877. The van der Waals surface area contributed by atoms with Crippen LogP contribution < -0.4 is 20.1 Å². The van der Waals surface area contributed by atoms with Crippen LogP contribution in [0.3, 0.4) is 0 Å². The van der Waals surface area contributed by atoms with Crippen molar-refractivity contribution in [3.8, 4) is 11.5 Å². The van der Waals surface area contributed by atoms with Gasteiger partial charge in [0.1, 0.15) is 0 Å². The monoisotopic (exact) mass is 358 g/mol. The average Bonchev–Trinajstić information content (AvgIpc) is 2.62. The highest BCUT2D eigenvalue weighted by Gasteiger charge is 2.18. The molecule has 0 spiro atoms. The molecule has 0 saturated carbocycles. The second-order valence-electron chi connectivity index (χ2n) is 5.52. The zero-order valence-corrected chi connectivity index (χ0v) is 15.0. The van der Waals surface area contributed by atoms with Crippen LogP contribution in [0.4, 0.5) is 11.4 Å². The minimum atomic E-state index is -0.261. The van der Waals surface area contributed by atoms with Crippen molar-refractivity contribution in [2.24, 2.45) is 0 Å². The number of benzene rings is 2. The summed E-state index contributed by atoms with van der Waals surface area (Å²) >= 11 is 1.46. The highest BCUT2D eigenvalue weighted by Crippen LogP contribution is 2.34. The molecule has 6 nitrogen and oxygen atoms in total. The Hall–Kier alpha value is -2.67. The molecule has 1 aliphatic heterocycles. The molecule has 0 atom stereocenters. The van der Waals surface area contributed by atoms with Crippen LogP contribution in [0.1, 0.15) is 15.9 Å². The van der Waals surface area contributed by atoms with Gasteiger partial charge in [-0.25, -0.2) is 0 Å². The van der Waals surface area contributed by atoms with Gasteiger partial charge in [-0.3, -0.25) is 9.59 Å². The van der Waals surface area contributed by atoms with E-state index >= 15 is 0 Å². The minimum Gasteiger partial charge on any atom is -0.493 e. The summed E-state index contributed by atoms with van der Waals surface area (Å²) in [6.45, 7) is 1.88. The summed E-state index contributed by atoms with van der Waals surface area (Å²) in [6.07, 6.45) is 0. The molecule has 25 heavy (non-hydrogen) atoms. The van der Waals surface area contributed by atoms with E-state index in [0.29, 0.717) is 34.2 Å². The summed E-state index contributed by atoms with van der Waals surface area (Å²) in [6, 6.07) is 8.80. The Morgan fingerprint density at radius 1 is 1.16 bits per heavy atom. The van der Waals surface area contributed by atoms with Crippen molar-refractivity contribution in [2.45, 2.75) is 11.8 Å². The third-order valence-electron chi connectivity index (χ3n) is 3.85. The first-order chi connectivity index (χ1) is 12.0. The number of carbonyl (C=O) groups is 2. The molecule has 1 heterocycles. The molecule has 0 bridgehead atoms. The molecule has 0 unspecified atom stereocenters. The van der Waals surface area contributed by atoms with Gasteiger partial charge in [0.2, 0.25) is 5.91 Å². The van der Waals surface area contributed by atoms with Crippen molar-refractivity contribution in [3.05, 3.63) is 41.5 Å². The first-order valence-electron chi connectivity index (χ1n) is 7.62. The van der Waals surface area contributed by atoms with Crippen molar-refractivity contribution in [1.82, 2.24) is 0 Å². The first kappa shape index (κ1) is 17.2. The Morgan fingerprint density at radius 2 is 1.88 bits per heavy atom. The molecule has 0 aliphatic carbocycles. The van der Waals surface area contributed by atoms with Gasteiger partial charge < -0.3 is 20.1 Å². The number of amides is 2. The number of anilines is 2. The van der Waals surface area contributed by atoms with Crippen molar-refractivity contribution >= 4 is 35.0 Å². The number of ether oxygens (including phenoxy) is 2. The lowest BCUT2D eigenvalue weighted by molar-refractivity contribution is -0.113. The van der Waals surface area contributed by atoms with Crippen LogP contribution >= 0.6 is 11.8 Å². The lowest BCUT2D eigenvalue weighted by Gasteiger charge is -2.17. The van der Waals surface area contributed by atoms with Gasteiger partial charge in [0.05, 0.1) is 25.7 Å². The van der Waals surface area contributed by atoms with Crippen LogP contribution in [0.5, 0.6) is 11.5 Å². The van der Waals surface area contributed by atoms with E-state index in [2.05, 4.69) is 10.6 Å². The molecule has 2 N–H and O–H groups in total. The number of carbonyl (C=O) groups excluding carboxylic acids is 2. The normalized spacial score (nSPS) is 12.8. The number of hydrogen-bond donors (Lipinski definition) is 2. The fourth-order valence-electron chi connectivity index (χ4n) is 2.53. The Bertz CT molecular complexity index is 851. The van der Waals surface area contributed by atoms with Crippen molar-refractivity contribution in [1.29, 1.82) is 0 Å². The maximum absolute atomic E-state index is 12.6. The first-order valence-corrected chi connectivity index (χ1v) is 8.61. The number of aryl methyl sites for hydroxylation is 1. The fourth-order valence-corrected chi connectivity index (χ4v) is 3.32. The lowest BCUT2D eigenvalue weighted by atomic mass is 10.1. The molecule has 2 amide bonds. The van der Waals surface area contributed by atoms with Gasteiger partial charge in [0, 0.05) is 22.2 Å². The van der Waals surface area contributed by atoms with Crippen LogP contribution in [-0.4, -0.2) is 31.8 Å². The smallest absolute Gasteiger partial charge is 0.255 e. The maximum atomic E-state index is 12.6. The highest BCUT2D eigenvalue weighted by atomic mass is 32.2. The number of methoxy groups -OCH3 is 2. The number of hydrogen-bond acceptors (Lipinski definition) is 5. The molecule has 0 fully saturated rings. The predicted octanol–water partition coefficient (Wildman–Crippen LogP) is 3.31. The topological polar surface area (TPSA) is 76.7 Å². The number of nitrogens with one attached hydrogen (secondary N) is 2. The molecule has 1 aliphatic rings. The summed E-state index contributed by atoms with van der Waals surface area (Å²) in [5.41, 5.74) is 2.63. The van der Waals surface area contributed by atoms with Crippen LogP contribution in [0, 0.1) is 6.92 Å². The van der Waals surface area contributed by atoms with Gasteiger partial charge in [0.15, 0.2) is 11.5 Å². The maximum Gasteiger partial charge on any atom is 0.255 e. The van der Waals surface area contributed by atoms with E-state index in [1.807, 2.05) is 13.0 Å². The summed E-state index contributed by atoms with van der Waals surface area (Å²) in [5, 5.41) is 5.66.